The number of aliphatic hydroxyl groups is 2. The molecule has 0 aliphatic heterocycles. The Balaban J connectivity index is 0.000000277. The quantitative estimate of drug-likeness (QED) is 0.779. The van der Waals surface area contributed by atoms with E-state index in [1.54, 1.807) is 13.8 Å². The van der Waals surface area contributed by atoms with Gasteiger partial charge in [-0.15, -0.1) is 0 Å². The van der Waals surface area contributed by atoms with Crippen LogP contribution >= 0.6 is 0 Å². The summed E-state index contributed by atoms with van der Waals surface area (Å²) in [4.78, 5) is 0. The maximum Gasteiger partial charge on any atom is 0.0779 e. The molecule has 2 unspecified atom stereocenters. The Kier molecular flexibility index (Phi) is 10.7. The average molecular weight is 332 g/mol. The van der Waals surface area contributed by atoms with Gasteiger partial charge in [-0.3, -0.25) is 0 Å². The molecule has 132 valence electrons. The molecule has 0 fully saturated rings. The molecule has 0 saturated heterocycles. The highest BCUT2D eigenvalue weighted by Crippen LogP contribution is 2.05. The molecule has 2 atom stereocenters. The van der Waals surface area contributed by atoms with Gasteiger partial charge in [0.15, 0.2) is 0 Å². The lowest BCUT2D eigenvalue weighted by Gasteiger charge is -2.10. The van der Waals surface area contributed by atoms with E-state index in [0.29, 0.717) is 19.8 Å². The molecule has 0 aromatic heterocycles. The minimum atomic E-state index is -0.445. The fourth-order valence-corrected chi connectivity index (χ4v) is 1.79. The summed E-state index contributed by atoms with van der Waals surface area (Å²) in [5, 5.41) is 17.1. The predicted molar refractivity (Wildman–Crippen MR) is 95.6 cm³/mol. The first-order valence-corrected chi connectivity index (χ1v) is 8.18. The number of hydrogen-bond donors (Lipinski definition) is 2. The number of aliphatic hydroxyl groups excluding tert-OH is 2. The Morgan fingerprint density at radius 1 is 0.833 bits per heavy atom. The van der Waals surface area contributed by atoms with Crippen LogP contribution in [0.4, 0.5) is 0 Å². The van der Waals surface area contributed by atoms with Crippen molar-refractivity contribution in [3.63, 3.8) is 0 Å². The molecule has 0 bridgehead atoms. The molecule has 0 amide bonds. The van der Waals surface area contributed by atoms with Gasteiger partial charge in [-0.05, 0) is 25.0 Å². The van der Waals surface area contributed by atoms with Crippen LogP contribution in [0.3, 0.4) is 0 Å². The monoisotopic (exact) mass is 332 g/mol. The second-order valence-electron chi connectivity index (χ2n) is 5.64. The summed E-state index contributed by atoms with van der Waals surface area (Å²) in [6.07, 6.45) is -0.612. The molecule has 0 heterocycles. The third kappa shape index (κ3) is 10.1. The van der Waals surface area contributed by atoms with Crippen LogP contribution in [0, 0.1) is 0 Å². The minimum Gasteiger partial charge on any atom is -0.394 e. The molecule has 2 N–H and O–H groups in total. The number of hydrogen-bond acceptors (Lipinski definition) is 4. The summed E-state index contributed by atoms with van der Waals surface area (Å²) >= 11 is 0. The Morgan fingerprint density at radius 3 is 1.67 bits per heavy atom. The Bertz CT molecular complexity index is 474. The van der Waals surface area contributed by atoms with Gasteiger partial charge in [-0.25, -0.2) is 0 Å². The van der Waals surface area contributed by atoms with E-state index in [-0.39, 0.29) is 12.7 Å². The molecule has 0 spiro atoms. The van der Waals surface area contributed by atoms with Gasteiger partial charge in [-0.1, -0.05) is 60.7 Å². The number of benzene rings is 2. The van der Waals surface area contributed by atoms with Crippen LogP contribution in [0.2, 0.25) is 0 Å². The van der Waals surface area contributed by atoms with Crippen molar-refractivity contribution in [1.82, 2.24) is 0 Å². The number of ether oxygens (including phenoxy) is 2. The van der Waals surface area contributed by atoms with Crippen LogP contribution in [0.1, 0.15) is 25.0 Å². The van der Waals surface area contributed by atoms with Gasteiger partial charge in [0.2, 0.25) is 0 Å². The summed E-state index contributed by atoms with van der Waals surface area (Å²) in [7, 11) is 0. The van der Waals surface area contributed by atoms with E-state index in [9.17, 15) is 0 Å². The highest BCUT2D eigenvalue weighted by Gasteiger charge is 2.00. The highest BCUT2D eigenvalue weighted by molar-refractivity contribution is 5.15. The van der Waals surface area contributed by atoms with E-state index in [4.69, 9.17) is 19.7 Å². The second kappa shape index (κ2) is 12.7. The third-order valence-electron chi connectivity index (χ3n) is 3.10. The van der Waals surface area contributed by atoms with E-state index in [1.165, 1.54) is 11.1 Å². The molecule has 4 nitrogen and oxygen atoms in total. The van der Waals surface area contributed by atoms with Gasteiger partial charge in [-0.2, -0.15) is 0 Å². The fraction of sp³-hybridized carbons (Fsp3) is 0.400. The summed E-state index contributed by atoms with van der Waals surface area (Å²) in [5.74, 6) is 0. The molecule has 0 saturated carbocycles. The van der Waals surface area contributed by atoms with Crippen LogP contribution in [-0.4, -0.2) is 35.6 Å². The largest absolute Gasteiger partial charge is 0.394 e. The average Bonchev–Trinajstić information content (AvgIpc) is 2.62. The molecule has 24 heavy (non-hydrogen) atoms. The second-order valence-corrected chi connectivity index (χ2v) is 5.64. The SMILES string of the molecule is CC(O)COC(C)CO.c1ccc(COCc2ccccc2)cc1. The van der Waals surface area contributed by atoms with Crippen LogP contribution in [0.25, 0.3) is 0 Å². The van der Waals surface area contributed by atoms with E-state index in [2.05, 4.69) is 24.3 Å². The topological polar surface area (TPSA) is 58.9 Å². The van der Waals surface area contributed by atoms with Crippen LogP contribution in [0.15, 0.2) is 60.7 Å². The zero-order chi connectivity index (χ0) is 17.6. The zero-order valence-electron chi connectivity index (χ0n) is 14.5. The van der Waals surface area contributed by atoms with Gasteiger partial charge in [0, 0.05) is 0 Å². The summed E-state index contributed by atoms with van der Waals surface area (Å²) < 4.78 is 10.6. The maximum atomic E-state index is 8.69. The Morgan fingerprint density at radius 2 is 1.29 bits per heavy atom. The van der Waals surface area contributed by atoms with Crippen molar-refractivity contribution in [2.24, 2.45) is 0 Å². The van der Waals surface area contributed by atoms with Gasteiger partial charge >= 0.3 is 0 Å². The maximum absolute atomic E-state index is 8.69. The van der Waals surface area contributed by atoms with E-state index in [1.807, 2.05) is 36.4 Å². The third-order valence-corrected chi connectivity index (χ3v) is 3.10. The van der Waals surface area contributed by atoms with Crippen molar-refractivity contribution in [2.75, 3.05) is 13.2 Å². The van der Waals surface area contributed by atoms with E-state index in [0.717, 1.165) is 0 Å². The van der Waals surface area contributed by atoms with Crippen molar-refractivity contribution in [3.8, 4) is 0 Å². The minimum absolute atomic E-state index is 0.00667. The smallest absolute Gasteiger partial charge is 0.0779 e. The lowest BCUT2D eigenvalue weighted by Crippen LogP contribution is -2.19. The van der Waals surface area contributed by atoms with Gasteiger partial charge in [0.05, 0.1) is 38.6 Å². The Labute approximate surface area is 144 Å². The molecular formula is C20H28O4. The fourth-order valence-electron chi connectivity index (χ4n) is 1.79. The summed E-state index contributed by atoms with van der Waals surface area (Å²) in [5.41, 5.74) is 2.43. The lowest BCUT2D eigenvalue weighted by molar-refractivity contribution is -0.0177. The van der Waals surface area contributed by atoms with Crippen molar-refractivity contribution >= 4 is 0 Å². The highest BCUT2D eigenvalue weighted by atomic mass is 16.5. The van der Waals surface area contributed by atoms with Gasteiger partial charge in [0.25, 0.3) is 0 Å². The van der Waals surface area contributed by atoms with Crippen LogP contribution in [-0.2, 0) is 22.7 Å². The first-order valence-electron chi connectivity index (χ1n) is 8.18. The molecule has 4 heteroatoms. The lowest BCUT2D eigenvalue weighted by atomic mass is 10.2. The summed E-state index contributed by atoms with van der Waals surface area (Å²) in [6, 6.07) is 20.4. The van der Waals surface area contributed by atoms with Gasteiger partial charge in [0.1, 0.15) is 0 Å². The molecule has 2 rings (SSSR count). The van der Waals surface area contributed by atoms with E-state index < -0.39 is 6.10 Å². The van der Waals surface area contributed by atoms with Gasteiger partial charge < -0.3 is 19.7 Å². The first-order chi connectivity index (χ1) is 11.6. The molecule has 0 aliphatic rings. The molecular weight excluding hydrogens is 304 g/mol. The molecule has 0 radical (unpaired) electrons. The molecule has 2 aromatic carbocycles. The van der Waals surface area contributed by atoms with Crippen molar-refractivity contribution in [3.05, 3.63) is 71.8 Å². The molecule has 0 aliphatic carbocycles. The summed E-state index contributed by atoms with van der Waals surface area (Å²) in [6.45, 7) is 5.05. The molecule has 2 aromatic rings. The standard InChI is InChI=1S/C14H14O.C6H14O3/c1-3-7-13(8-4-1)11-15-12-14-9-5-2-6-10-14;1-5(8)4-9-6(2)3-7/h1-10H,11-12H2;5-8H,3-4H2,1-2H3. The van der Waals surface area contributed by atoms with Crippen molar-refractivity contribution in [1.29, 1.82) is 0 Å². The zero-order valence-corrected chi connectivity index (χ0v) is 14.5. The van der Waals surface area contributed by atoms with Crippen LogP contribution in [0.5, 0.6) is 0 Å². The first kappa shape index (κ1) is 20.3. The van der Waals surface area contributed by atoms with Crippen LogP contribution < -0.4 is 0 Å². The predicted octanol–water partition coefficient (Wildman–Crippen LogP) is 3.17. The normalized spacial score (nSPS) is 12.8. The van der Waals surface area contributed by atoms with Crippen molar-refractivity contribution in [2.45, 2.75) is 39.3 Å². The van der Waals surface area contributed by atoms with Crippen molar-refractivity contribution < 1.29 is 19.7 Å². The Hall–Kier alpha value is -1.72. The van der Waals surface area contributed by atoms with E-state index >= 15 is 0 Å². The number of rotatable bonds is 8.